The molecular weight excluding hydrogens is 1220 g/mol. The van der Waals surface area contributed by atoms with E-state index in [9.17, 15) is 0 Å². The lowest BCUT2D eigenvalue weighted by molar-refractivity contribution is -0.133. The van der Waals surface area contributed by atoms with Gasteiger partial charge < -0.3 is 28.7 Å². The first-order valence-corrected chi connectivity index (χ1v) is 35.3. The Morgan fingerprint density at radius 2 is 0.610 bits per heavy atom. The summed E-state index contributed by atoms with van der Waals surface area (Å²) in [5, 5.41) is 4.84. The van der Waals surface area contributed by atoms with Crippen LogP contribution in [0.25, 0.3) is 54.9 Å². The van der Waals surface area contributed by atoms with Gasteiger partial charge in [-0.15, -0.1) is 0 Å². The maximum Gasteiger partial charge on any atom is 0.119 e. The maximum atomic E-state index is 6.57. The molecule has 6 heteroatoms. The van der Waals surface area contributed by atoms with Crippen LogP contribution in [0.2, 0.25) is 0 Å². The summed E-state index contributed by atoms with van der Waals surface area (Å²) in [5.74, 6) is 1.74. The maximum absolute atomic E-state index is 6.57. The topological polar surface area (TPSA) is 43.4 Å². The van der Waals surface area contributed by atoms with Crippen LogP contribution in [-0.2, 0) is 20.3 Å². The molecule has 14 aromatic rings. The van der Waals surface area contributed by atoms with Gasteiger partial charge in [-0.2, -0.15) is 0 Å². The van der Waals surface area contributed by atoms with Crippen molar-refractivity contribution in [1.82, 2.24) is 0 Å². The Hall–Kier alpha value is -11.3. The number of para-hydroxylation sites is 2. The third kappa shape index (κ3) is 10.1. The molecule has 0 aromatic heterocycles. The summed E-state index contributed by atoms with van der Waals surface area (Å²) < 4.78 is 24.5. The van der Waals surface area contributed by atoms with E-state index in [1.54, 1.807) is 0 Å². The molecule has 2 saturated heterocycles. The minimum Gasteiger partial charge on any atom is -0.493 e. The zero-order valence-electron chi connectivity index (χ0n) is 56.4. The van der Waals surface area contributed by atoms with Gasteiger partial charge in [-0.05, 0) is 221 Å². The lowest BCUT2D eigenvalue weighted by atomic mass is 9.67. The standard InChI is InChI=1S/C94H76N2O4/c1-3-91(59-97-60-91)63-99-81-49-39-71(40-50-81)93(73-37-31-65-19-11-13-21-69(65)55-73)87-29-17-15-27-83(87)85-53-47-79(57-89(85)93)95(75-23-7-5-8-24-75)77-43-33-67(34-44-77)68-35-45-78(46-36-68)96(76-25-9-6-10-26-76)80-48-54-86-84-28-16-18-30-88(84)94(90(86)58-80,74-38-32-66-20-12-14-22-70(66)56-74)72-41-51-82(52-42-72)100-64-92(4-2)61-98-62-92/h5-58H,3-4,59-64H2,1-2H3. The summed E-state index contributed by atoms with van der Waals surface area (Å²) in [6.07, 6.45) is 2.05. The summed E-state index contributed by atoms with van der Waals surface area (Å²) in [6, 6.07) is 121. The van der Waals surface area contributed by atoms with Crippen molar-refractivity contribution in [2.75, 3.05) is 49.4 Å². The quantitative estimate of drug-likeness (QED) is 0.0804. The number of hydrogen-bond donors (Lipinski definition) is 0. The molecule has 2 fully saturated rings. The van der Waals surface area contributed by atoms with Gasteiger partial charge in [0.05, 0.1) is 61.3 Å². The van der Waals surface area contributed by atoms with E-state index < -0.39 is 10.8 Å². The molecule has 4 aliphatic rings. The number of benzene rings is 14. The molecule has 2 aliphatic carbocycles. The Kier molecular flexibility index (Phi) is 15.2. The Bertz CT molecular complexity index is 5010. The number of fused-ring (bicyclic) bond motifs is 8. The first-order chi connectivity index (χ1) is 49.3. The molecule has 2 heterocycles. The van der Waals surface area contributed by atoms with Crippen molar-refractivity contribution >= 4 is 55.7 Å². The second kappa shape index (κ2) is 24.9. The van der Waals surface area contributed by atoms with Gasteiger partial charge in [0.1, 0.15) is 11.5 Å². The van der Waals surface area contributed by atoms with E-state index in [2.05, 4.69) is 351 Å². The van der Waals surface area contributed by atoms with E-state index in [4.69, 9.17) is 18.9 Å². The van der Waals surface area contributed by atoms with Crippen molar-refractivity contribution in [1.29, 1.82) is 0 Å². The van der Waals surface area contributed by atoms with Gasteiger partial charge in [-0.25, -0.2) is 0 Å². The SMILES string of the molecule is CCC1(COc2ccc(C3(c4ccc5ccccc5c4)c4ccccc4-c4ccc(N(c5ccccc5)c5ccc(-c6ccc(N(c7ccccc7)c7ccc8c(c7)C(c7ccc(OCC9(CC)COC9)cc7)(c7ccc9ccccc9c7)c7ccccc7-8)cc6)cc5)cc43)cc2)COC1. The number of hydrogen-bond acceptors (Lipinski definition) is 6. The predicted molar refractivity (Wildman–Crippen MR) is 409 cm³/mol. The molecule has 14 aromatic carbocycles. The van der Waals surface area contributed by atoms with Crippen molar-refractivity contribution in [3.05, 3.63) is 372 Å². The van der Waals surface area contributed by atoms with E-state index in [0.29, 0.717) is 13.2 Å². The van der Waals surface area contributed by atoms with Gasteiger partial charge in [0.2, 0.25) is 0 Å². The fourth-order valence-electron chi connectivity index (χ4n) is 16.5. The van der Waals surface area contributed by atoms with Crippen LogP contribution in [0.1, 0.15) is 71.2 Å². The number of rotatable bonds is 19. The second-order valence-corrected chi connectivity index (χ2v) is 27.9. The Morgan fingerprint density at radius 1 is 0.280 bits per heavy atom. The van der Waals surface area contributed by atoms with E-state index in [-0.39, 0.29) is 10.8 Å². The summed E-state index contributed by atoms with van der Waals surface area (Å²) in [6.45, 7) is 8.71. The third-order valence-electron chi connectivity index (χ3n) is 22.3. The molecule has 0 amide bonds. The van der Waals surface area contributed by atoms with Crippen LogP contribution in [0.15, 0.2) is 328 Å². The van der Waals surface area contributed by atoms with E-state index in [0.717, 1.165) is 96.0 Å². The average molecular weight is 1300 g/mol. The average Bonchev–Trinajstić information content (AvgIpc) is 1.54. The lowest BCUT2D eigenvalue weighted by Crippen LogP contribution is -2.46. The van der Waals surface area contributed by atoms with Crippen molar-refractivity contribution in [3.63, 3.8) is 0 Å². The predicted octanol–water partition coefficient (Wildman–Crippen LogP) is 22.9. The molecule has 2 aliphatic heterocycles. The molecule has 0 bridgehead atoms. The number of anilines is 6. The molecule has 2 atom stereocenters. The molecule has 0 saturated carbocycles. The molecule has 0 radical (unpaired) electrons. The van der Waals surface area contributed by atoms with Crippen molar-refractivity contribution in [2.24, 2.45) is 10.8 Å². The summed E-state index contributed by atoms with van der Waals surface area (Å²) >= 11 is 0. The minimum absolute atomic E-state index is 0.0693. The minimum atomic E-state index is -0.660. The van der Waals surface area contributed by atoms with Gasteiger partial charge in [0.15, 0.2) is 0 Å². The van der Waals surface area contributed by atoms with E-state index >= 15 is 0 Å². The fourth-order valence-corrected chi connectivity index (χ4v) is 16.5. The zero-order valence-corrected chi connectivity index (χ0v) is 56.4. The highest BCUT2D eigenvalue weighted by molar-refractivity contribution is 5.94. The van der Waals surface area contributed by atoms with Crippen molar-refractivity contribution < 1.29 is 18.9 Å². The van der Waals surface area contributed by atoms with Gasteiger partial charge in [-0.3, -0.25) is 0 Å². The summed E-state index contributed by atoms with van der Waals surface area (Å²) in [4.78, 5) is 4.82. The molecular formula is C94H76N2O4. The fraction of sp³-hybridized carbons (Fsp3) is 0.149. The first-order valence-electron chi connectivity index (χ1n) is 35.3. The highest BCUT2D eigenvalue weighted by atomic mass is 16.5. The number of nitrogens with zero attached hydrogens (tertiary/aromatic N) is 2. The Labute approximate surface area is 585 Å². The van der Waals surface area contributed by atoms with Crippen molar-refractivity contribution in [3.8, 4) is 44.9 Å². The first kappa shape index (κ1) is 61.1. The normalized spacial score (nSPS) is 17.3. The third-order valence-corrected chi connectivity index (χ3v) is 22.3. The molecule has 486 valence electrons. The van der Waals surface area contributed by atoms with Gasteiger partial charge >= 0.3 is 0 Å². The highest BCUT2D eigenvalue weighted by Gasteiger charge is 2.49. The number of ether oxygens (including phenoxy) is 4. The van der Waals surface area contributed by atoms with Crippen LogP contribution in [0.3, 0.4) is 0 Å². The smallest absolute Gasteiger partial charge is 0.119 e. The lowest BCUT2D eigenvalue weighted by Gasteiger charge is -2.40. The largest absolute Gasteiger partial charge is 0.493 e. The molecule has 0 N–H and O–H groups in total. The van der Waals surface area contributed by atoms with Crippen LogP contribution in [0, 0.1) is 10.8 Å². The van der Waals surface area contributed by atoms with Gasteiger partial charge in [0, 0.05) is 34.1 Å². The summed E-state index contributed by atoms with van der Waals surface area (Å²) in [5.41, 5.74) is 22.2. The monoisotopic (exact) mass is 1300 g/mol. The van der Waals surface area contributed by atoms with Crippen molar-refractivity contribution in [2.45, 2.75) is 37.5 Å². The van der Waals surface area contributed by atoms with E-state index in [1.807, 2.05) is 0 Å². The van der Waals surface area contributed by atoms with Crippen LogP contribution in [0.4, 0.5) is 34.1 Å². The summed E-state index contributed by atoms with van der Waals surface area (Å²) in [7, 11) is 0. The van der Waals surface area contributed by atoms with Gasteiger partial charge in [-0.1, -0.05) is 232 Å². The van der Waals surface area contributed by atoms with Crippen LogP contribution >= 0.6 is 0 Å². The highest BCUT2D eigenvalue weighted by Crippen LogP contribution is 2.60. The molecule has 0 spiro atoms. The van der Waals surface area contributed by atoms with Crippen LogP contribution in [-0.4, -0.2) is 39.6 Å². The Balaban J connectivity index is 0.709. The molecule has 6 nitrogen and oxygen atoms in total. The van der Waals surface area contributed by atoms with Crippen LogP contribution < -0.4 is 19.3 Å². The van der Waals surface area contributed by atoms with Gasteiger partial charge in [0.25, 0.3) is 0 Å². The molecule has 100 heavy (non-hydrogen) atoms. The van der Waals surface area contributed by atoms with Crippen LogP contribution in [0.5, 0.6) is 11.5 Å². The zero-order chi connectivity index (χ0) is 66.8. The molecule has 18 rings (SSSR count). The Morgan fingerprint density at radius 3 is 0.990 bits per heavy atom. The van der Waals surface area contributed by atoms with E-state index in [1.165, 1.54) is 88.3 Å². The molecule has 2 unspecified atom stereocenters. The second-order valence-electron chi connectivity index (χ2n) is 27.9.